The van der Waals surface area contributed by atoms with Crippen LogP contribution in [0, 0.1) is 5.92 Å². The first-order valence-electron chi connectivity index (χ1n) is 12.0. The third kappa shape index (κ3) is 6.14. The number of ether oxygens (including phenoxy) is 3. The Kier molecular flexibility index (Phi) is 8.53. The molecule has 0 spiro atoms. The lowest BCUT2D eigenvalue weighted by atomic mass is 9.90. The van der Waals surface area contributed by atoms with Gasteiger partial charge < -0.3 is 30.0 Å². The number of nitrogens with one attached hydrogen (secondary N) is 2. The van der Waals surface area contributed by atoms with Crippen LogP contribution in [-0.2, 0) is 20.8 Å². The lowest BCUT2D eigenvalue weighted by Crippen LogP contribution is -2.47. The highest BCUT2D eigenvalue weighted by Crippen LogP contribution is 2.42. The fourth-order valence-corrected chi connectivity index (χ4v) is 4.47. The SMILES string of the molecule is CCNC(=O)Nc1cccc([C@@H]2O[C@H](CN3CCOCC3)[C@H](C)[C@H](c3ccc(CO)cc3)O2)c1. The largest absolute Gasteiger partial charge is 0.392 e. The van der Waals surface area contributed by atoms with Gasteiger partial charge in [0.05, 0.1) is 32.0 Å². The highest BCUT2D eigenvalue weighted by atomic mass is 16.7. The second-order valence-electron chi connectivity index (χ2n) is 8.84. The Labute approximate surface area is 201 Å². The van der Waals surface area contributed by atoms with E-state index in [-0.39, 0.29) is 30.8 Å². The molecule has 2 aromatic carbocycles. The molecule has 4 rings (SSSR count). The van der Waals surface area contributed by atoms with Crippen LogP contribution in [0.25, 0.3) is 0 Å². The minimum absolute atomic E-state index is 0.0121. The minimum Gasteiger partial charge on any atom is -0.392 e. The van der Waals surface area contributed by atoms with Gasteiger partial charge in [-0.15, -0.1) is 0 Å². The lowest BCUT2D eigenvalue weighted by Gasteiger charge is -2.43. The summed E-state index contributed by atoms with van der Waals surface area (Å²) in [5.41, 5.74) is 3.46. The normalized spacial score (nSPS) is 25.6. The van der Waals surface area contributed by atoms with Gasteiger partial charge in [-0.3, -0.25) is 4.90 Å². The number of benzene rings is 2. The Morgan fingerprint density at radius 2 is 1.85 bits per heavy atom. The van der Waals surface area contributed by atoms with Gasteiger partial charge in [0, 0.05) is 43.3 Å². The molecule has 2 heterocycles. The number of rotatable bonds is 7. The molecule has 184 valence electrons. The molecule has 0 aliphatic carbocycles. The Morgan fingerprint density at radius 1 is 1.09 bits per heavy atom. The van der Waals surface area contributed by atoms with Gasteiger partial charge in [0.2, 0.25) is 0 Å². The van der Waals surface area contributed by atoms with E-state index in [0.717, 1.165) is 49.5 Å². The van der Waals surface area contributed by atoms with Gasteiger partial charge in [0.25, 0.3) is 0 Å². The fourth-order valence-electron chi connectivity index (χ4n) is 4.47. The highest BCUT2D eigenvalue weighted by Gasteiger charge is 2.39. The maximum Gasteiger partial charge on any atom is 0.319 e. The van der Waals surface area contributed by atoms with Crippen molar-refractivity contribution in [3.63, 3.8) is 0 Å². The van der Waals surface area contributed by atoms with Crippen molar-refractivity contribution in [1.82, 2.24) is 10.2 Å². The van der Waals surface area contributed by atoms with Crippen LogP contribution in [0.5, 0.6) is 0 Å². The summed E-state index contributed by atoms with van der Waals surface area (Å²) < 4.78 is 18.5. The molecule has 8 nitrogen and oxygen atoms in total. The first-order valence-corrected chi connectivity index (χ1v) is 12.0. The zero-order valence-electron chi connectivity index (χ0n) is 19.9. The molecule has 2 aliphatic rings. The summed E-state index contributed by atoms with van der Waals surface area (Å²) in [6.07, 6.45) is -0.780. The van der Waals surface area contributed by atoms with Crippen LogP contribution in [0.1, 0.15) is 42.9 Å². The molecule has 0 radical (unpaired) electrons. The van der Waals surface area contributed by atoms with Gasteiger partial charge in [0.1, 0.15) is 0 Å². The van der Waals surface area contributed by atoms with Crippen molar-refractivity contribution in [3.05, 3.63) is 65.2 Å². The predicted molar refractivity (Wildman–Crippen MR) is 129 cm³/mol. The number of nitrogens with zero attached hydrogens (tertiary/aromatic N) is 1. The van der Waals surface area contributed by atoms with Crippen molar-refractivity contribution in [1.29, 1.82) is 0 Å². The molecule has 2 aromatic rings. The third-order valence-corrected chi connectivity index (χ3v) is 6.42. The number of carbonyl (C=O) groups is 1. The average molecular weight is 470 g/mol. The predicted octanol–water partition coefficient (Wildman–Crippen LogP) is 3.44. The van der Waals surface area contributed by atoms with Gasteiger partial charge in [-0.2, -0.15) is 0 Å². The molecule has 2 amide bonds. The molecule has 0 aromatic heterocycles. The maximum absolute atomic E-state index is 12.0. The van der Waals surface area contributed by atoms with Crippen molar-refractivity contribution < 1.29 is 24.1 Å². The quantitative estimate of drug-likeness (QED) is 0.575. The summed E-state index contributed by atoms with van der Waals surface area (Å²) >= 11 is 0. The fraction of sp³-hybridized carbons (Fsp3) is 0.500. The molecule has 2 saturated heterocycles. The van der Waals surface area contributed by atoms with Gasteiger partial charge in [-0.25, -0.2) is 4.79 Å². The number of carbonyl (C=O) groups excluding carboxylic acids is 1. The van der Waals surface area contributed by atoms with Crippen LogP contribution in [0.2, 0.25) is 0 Å². The monoisotopic (exact) mass is 469 g/mol. The van der Waals surface area contributed by atoms with Gasteiger partial charge in [0.15, 0.2) is 6.29 Å². The second-order valence-corrected chi connectivity index (χ2v) is 8.84. The molecule has 4 atom stereocenters. The maximum atomic E-state index is 12.0. The summed E-state index contributed by atoms with van der Waals surface area (Å²) in [6, 6.07) is 15.3. The number of urea groups is 1. The van der Waals surface area contributed by atoms with E-state index in [2.05, 4.69) is 22.5 Å². The number of hydrogen-bond donors (Lipinski definition) is 3. The molecule has 8 heteroatoms. The number of anilines is 1. The molecule has 2 aliphatic heterocycles. The molecule has 34 heavy (non-hydrogen) atoms. The topological polar surface area (TPSA) is 92.3 Å². The standard InChI is InChI=1S/C26H35N3O5/c1-3-27-26(31)28-22-6-4-5-21(15-22)25-33-23(16-29-11-13-32-14-12-29)18(2)24(34-25)20-9-7-19(17-30)8-10-20/h4-10,15,18,23-25,30H,3,11-14,16-17H2,1-2H3,(H2,27,28,31)/t18-,23+,24+,25+/m0/s1. The summed E-state index contributed by atoms with van der Waals surface area (Å²) in [4.78, 5) is 14.4. The minimum atomic E-state index is -0.569. The van der Waals surface area contributed by atoms with Crippen LogP contribution >= 0.6 is 0 Å². The van der Waals surface area contributed by atoms with E-state index in [4.69, 9.17) is 14.2 Å². The smallest absolute Gasteiger partial charge is 0.319 e. The van der Waals surface area contributed by atoms with Crippen molar-refractivity contribution in [2.75, 3.05) is 44.7 Å². The van der Waals surface area contributed by atoms with Crippen LogP contribution in [0.4, 0.5) is 10.5 Å². The van der Waals surface area contributed by atoms with Crippen molar-refractivity contribution in [2.45, 2.75) is 39.0 Å². The Bertz CT molecular complexity index is 932. The molecule has 0 unspecified atom stereocenters. The van der Waals surface area contributed by atoms with Gasteiger partial charge >= 0.3 is 6.03 Å². The first-order chi connectivity index (χ1) is 16.6. The van der Waals surface area contributed by atoms with Crippen LogP contribution in [-0.4, -0.2) is 61.5 Å². The molecular weight excluding hydrogens is 434 g/mol. The van der Waals surface area contributed by atoms with Crippen LogP contribution in [0.15, 0.2) is 48.5 Å². The van der Waals surface area contributed by atoms with Crippen molar-refractivity contribution in [3.8, 4) is 0 Å². The Morgan fingerprint density at radius 3 is 2.56 bits per heavy atom. The highest BCUT2D eigenvalue weighted by molar-refractivity contribution is 5.89. The van der Waals surface area contributed by atoms with E-state index >= 15 is 0 Å². The van der Waals surface area contributed by atoms with E-state index in [1.54, 1.807) is 0 Å². The number of hydrogen-bond acceptors (Lipinski definition) is 6. The molecular formula is C26H35N3O5. The molecule has 0 bridgehead atoms. The number of morpholine rings is 1. The first kappa shape index (κ1) is 24.6. The third-order valence-electron chi connectivity index (χ3n) is 6.42. The second kappa shape index (κ2) is 11.8. The lowest BCUT2D eigenvalue weighted by molar-refractivity contribution is -0.277. The summed E-state index contributed by atoms with van der Waals surface area (Å²) in [5.74, 6) is 0.121. The van der Waals surface area contributed by atoms with Crippen LogP contribution < -0.4 is 10.6 Å². The van der Waals surface area contributed by atoms with Gasteiger partial charge in [-0.05, 0) is 30.2 Å². The van der Waals surface area contributed by atoms with E-state index in [0.29, 0.717) is 12.2 Å². The summed E-state index contributed by atoms with van der Waals surface area (Å²) in [6.45, 7) is 8.66. The molecule has 2 fully saturated rings. The number of aliphatic hydroxyl groups excluding tert-OH is 1. The van der Waals surface area contributed by atoms with E-state index in [9.17, 15) is 9.90 Å². The number of amides is 2. The van der Waals surface area contributed by atoms with Gasteiger partial charge in [-0.1, -0.05) is 43.3 Å². The van der Waals surface area contributed by atoms with Crippen molar-refractivity contribution in [2.24, 2.45) is 5.92 Å². The van der Waals surface area contributed by atoms with E-state index < -0.39 is 6.29 Å². The summed E-state index contributed by atoms with van der Waals surface area (Å²) in [5, 5.41) is 15.0. The Hall–Kier alpha value is -2.49. The molecule has 0 saturated carbocycles. The zero-order chi connectivity index (χ0) is 23.9. The average Bonchev–Trinajstić information content (AvgIpc) is 2.86. The van der Waals surface area contributed by atoms with Crippen LogP contribution in [0.3, 0.4) is 0 Å². The Balaban J connectivity index is 1.57. The number of aliphatic hydroxyl groups is 1. The van der Waals surface area contributed by atoms with Crippen molar-refractivity contribution >= 4 is 11.7 Å². The summed E-state index contributed by atoms with van der Waals surface area (Å²) in [7, 11) is 0. The zero-order valence-corrected chi connectivity index (χ0v) is 19.9. The molecule has 3 N–H and O–H groups in total. The van der Waals surface area contributed by atoms with E-state index in [1.807, 2.05) is 55.5 Å². The van der Waals surface area contributed by atoms with E-state index in [1.165, 1.54) is 0 Å².